The normalized spacial score (nSPS) is 13.5. The van der Waals surface area contributed by atoms with Gasteiger partial charge in [-0.05, 0) is 62.7 Å². The van der Waals surface area contributed by atoms with E-state index in [2.05, 4.69) is 37.4 Å². The fraction of sp³-hybridized carbons (Fsp3) is 0.611. The Hall–Kier alpha value is -1.41. The molecule has 0 aliphatic heterocycles. The topological polar surface area (TPSA) is 116 Å². The summed E-state index contributed by atoms with van der Waals surface area (Å²) in [5, 5.41) is 30.4. The summed E-state index contributed by atoms with van der Waals surface area (Å²) in [6, 6.07) is 6.35. The average molecular weight is 350 g/mol. The van der Waals surface area contributed by atoms with Crippen LogP contribution in [0.2, 0.25) is 6.32 Å². The zero-order valence-corrected chi connectivity index (χ0v) is 15.3. The number of carboxylic acid groups (broad SMARTS) is 1. The fourth-order valence-electron chi connectivity index (χ4n) is 2.78. The number of hydrogen-bond donors (Lipinski definition) is 5. The molecule has 0 fully saturated rings. The van der Waals surface area contributed by atoms with Crippen molar-refractivity contribution in [2.75, 3.05) is 6.54 Å². The third-order valence-corrected chi connectivity index (χ3v) is 4.64. The number of aliphatic carboxylic acids is 1. The van der Waals surface area contributed by atoms with Gasteiger partial charge in [0.2, 0.25) is 0 Å². The second-order valence-electron chi connectivity index (χ2n) is 6.89. The molecule has 1 atom stereocenters. The Kier molecular flexibility index (Phi) is 9.14. The molecule has 0 aliphatic rings. The van der Waals surface area contributed by atoms with Gasteiger partial charge in [0.05, 0.1) is 0 Å². The van der Waals surface area contributed by atoms with E-state index in [9.17, 15) is 9.90 Å². The van der Waals surface area contributed by atoms with Crippen LogP contribution >= 0.6 is 0 Å². The van der Waals surface area contributed by atoms with Crippen molar-refractivity contribution in [1.29, 1.82) is 0 Å². The highest BCUT2D eigenvalue weighted by Gasteiger charge is 2.32. The Bertz CT molecular complexity index is 554. The molecule has 0 saturated heterocycles. The van der Waals surface area contributed by atoms with E-state index in [-0.39, 0.29) is 6.32 Å². The SMILES string of the molecule is Cc1ccc(CNCCCC(N)(CCCCB(O)O)C(=O)O)cc1C. The van der Waals surface area contributed by atoms with Crippen molar-refractivity contribution in [3.05, 3.63) is 34.9 Å². The number of hydrogen-bond acceptors (Lipinski definition) is 5. The molecule has 6 N–H and O–H groups in total. The summed E-state index contributed by atoms with van der Waals surface area (Å²) in [5.41, 5.74) is 8.53. The molecule has 1 unspecified atom stereocenters. The minimum atomic E-state index is -1.34. The number of carboxylic acids is 1. The van der Waals surface area contributed by atoms with Crippen molar-refractivity contribution < 1.29 is 19.9 Å². The zero-order chi connectivity index (χ0) is 18.9. The first-order chi connectivity index (χ1) is 11.7. The van der Waals surface area contributed by atoms with Gasteiger partial charge in [-0.1, -0.05) is 31.0 Å². The third-order valence-electron chi connectivity index (χ3n) is 4.64. The van der Waals surface area contributed by atoms with Crippen LogP contribution in [0.1, 0.15) is 48.8 Å². The van der Waals surface area contributed by atoms with Crippen molar-refractivity contribution in [1.82, 2.24) is 5.32 Å². The maximum atomic E-state index is 11.5. The van der Waals surface area contributed by atoms with Crippen LogP contribution < -0.4 is 11.1 Å². The highest BCUT2D eigenvalue weighted by atomic mass is 16.4. The molecular weight excluding hydrogens is 319 g/mol. The number of nitrogens with two attached hydrogens (primary N) is 1. The number of aryl methyl sites for hydroxylation is 2. The van der Waals surface area contributed by atoms with Crippen LogP contribution in [0.25, 0.3) is 0 Å². The van der Waals surface area contributed by atoms with Gasteiger partial charge in [0, 0.05) is 6.54 Å². The summed E-state index contributed by atoms with van der Waals surface area (Å²) < 4.78 is 0. The molecule has 1 aromatic rings. The van der Waals surface area contributed by atoms with Gasteiger partial charge in [0.1, 0.15) is 5.54 Å². The number of rotatable bonds is 12. The number of unbranched alkanes of at least 4 members (excludes halogenated alkanes) is 1. The second-order valence-corrected chi connectivity index (χ2v) is 6.89. The quantitative estimate of drug-likeness (QED) is 0.289. The van der Waals surface area contributed by atoms with E-state index in [1.807, 2.05) is 0 Å². The molecule has 0 bridgehead atoms. The van der Waals surface area contributed by atoms with E-state index in [1.165, 1.54) is 16.7 Å². The van der Waals surface area contributed by atoms with E-state index in [0.717, 1.165) is 6.54 Å². The molecule has 1 aromatic carbocycles. The van der Waals surface area contributed by atoms with Gasteiger partial charge in [0.15, 0.2) is 0 Å². The lowest BCUT2D eigenvalue weighted by Gasteiger charge is -2.24. The minimum absolute atomic E-state index is 0.243. The average Bonchev–Trinajstić information content (AvgIpc) is 2.54. The van der Waals surface area contributed by atoms with Crippen molar-refractivity contribution in [2.24, 2.45) is 5.73 Å². The molecule has 0 radical (unpaired) electrons. The summed E-state index contributed by atoms with van der Waals surface area (Å²) in [7, 11) is -1.34. The molecule has 0 aromatic heterocycles. The predicted octanol–water partition coefficient (Wildman–Crippen LogP) is 1.60. The minimum Gasteiger partial charge on any atom is -0.480 e. The first-order valence-electron chi connectivity index (χ1n) is 8.90. The molecule has 6 nitrogen and oxygen atoms in total. The second kappa shape index (κ2) is 10.6. The van der Waals surface area contributed by atoms with E-state index >= 15 is 0 Å². The van der Waals surface area contributed by atoms with Gasteiger partial charge in [-0.25, -0.2) is 0 Å². The first-order valence-corrected chi connectivity index (χ1v) is 8.90. The number of benzene rings is 1. The molecule has 25 heavy (non-hydrogen) atoms. The van der Waals surface area contributed by atoms with Crippen LogP contribution in [0.3, 0.4) is 0 Å². The largest absolute Gasteiger partial charge is 0.480 e. The standard InChI is InChI=1S/C18H31BN2O4/c1-14-6-7-16(12-15(14)2)13-21-11-5-9-18(20,17(22)23)8-3-4-10-19(24)25/h6-7,12,21,24-25H,3-5,8-11,13,20H2,1-2H3,(H,22,23). The summed E-state index contributed by atoms with van der Waals surface area (Å²) in [6.07, 6.45) is 2.77. The molecule has 0 saturated carbocycles. The Morgan fingerprint density at radius 2 is 1.84 bits per heavy atom. The van der Waals surface area contributed by atoms with Crippen LogP contribution in [-0.4, -0.2) is 40.3 Å². The summed E-state index contributed by atoms with van der Waals surface area (Å²) in [4.78, 5) is 11.5. The van der Waals surface area contributed by atoms with Gasteiger partial charge in [-0.2, -0.15) is 0 Å². The highest BCUT2D eigenvalue weighted by Crippen LogP contribution is 2.19. The van der Waals surface area contributed by atoms with Gasteiger partial charge in [-0.15, -0.1) is 0 Å². The van der Waals surface area contributed by atoms with Gasteiger partial charge < -0.3 is 26.2 Å². The summed E-state index contributed by atoms with van der Waals surface area (Å²) >= 11 is 0. The Labute approximate surface area is 150 Å². The van der Waals surface area contributed by atoms with Crippen LogP contribution in [0.5, 0.6) is 0 Å². The van der Waals surface area contributed by atoms with E-state index in [0.29, 0.717) is 38.6 Å². The Balaban J connectivity index is 2.32. The predicted molar refractivity (Wildman–Crippen MR) is 100 cm³/mol. The third kappa shape index (κ3) is 8.01. The van der Waals surface area contributed by atoms with Crippen LogP contribution in [0.15, 0.2) is 18.2 Å². The Morgan fingerprint density at radius 3 is 2.44 bits per heavy atom. The number of carbonyl (C=O) groups is 1. The lowest BCUT2D eigenvalue weighted by atomic mass is 9.81. The van der Waals surface area contributed by atoms with Crippen molar-refractivity contribution in [3.8, 4) is 0 Å². The molecule has 7 heteroatoms. The van der Waals surface area contributed by atoms with E-state index in [1.54, 1.807) is 0 Å². The smallest absolute Gasteiger partial charge is 0.451 e. The molecule has 0 aliphatic carbocycles. The van der Waals surface area contributed by atoms with Crippen molar-refractivity contribution >= 4 is 13.1 Å². The molecule has 140 valence electrons. The lowest BCUT2D eigenvalue weighted by Crippen LogP contribution is -2.48. The zero-order valence-electron chi connectivity index (χ0n) is 15.3. The van der Waals surface area contributed by atoms with Gasteiger partial charge in [-0.3, -0.25) is 4.79 Å². The van der Waals surface area contributed by atoms with Gasteiger partial charge >= 0.3 is 13.1 Å². The number of nitrogens with one attached hydrogen (secondary N) is 1. The fourth-order valence-corrected chi connectivity index (χ4v) is 2.78. The molecule has 0 heterocycles. The van der Waals surface area contributed by atoms with Crippen LogP contribution in [0.4, 0.5) is 0 Å². The van der Waals surface area contributed by atoms with E-state index in [4.69, 9.17) is 15.8 Å². The molecule has 0 spiro atoms. The lowest BCUT2D eigenvalue weighted by molar-refractivity contribution is -0.144. The van der Waals surface area contributed by atoms with Gasteiger partial charge in [0.25, 0.3) is 0 Å². The highest BCUT2D eigenvalue weighted by molar-refractivity contribution is 6.40. The Morgan fingerprint density at radius 1 is 1.16 bits per heavy atom. The molecule has 1 rings (SSSR count). The molecule has 0 amide bonds. The first kappa shape index (κ1) is 21.6. The van der Waals surface area contributed by atoms with Crippen LogP contribution in [-0.2, 0) is 11.3 Å². The van der Waals surface area contributed by atoms with Crippen molar-refractivity contribution in [3.63, 3.8) is 0 Å². The summed E-state index contributed by atoms with van der Waals surface area (Å²) in [5.74, 6) is -0.994. The van der Waals surface area contributed by atoms with E-state index < -0.39 is 18.6 Å². The summed E-state index contributed by atoms with van der Waals surface area (Å²) in [6.45, 7) is 5.62. The molecular formula is C18H31BN2O4. The van der Waals surface area contributed by atoms with Crippen LogP contribution in [0, 0.1) is 13.8 Å². The maximum Gasteiger partial charge on any atom is 0.451 e. The maximum absolute atomic E-state index is 11.5. The monoisotopic (exact) mass is 350 g/mol. The van der Waals surface area contributed by atoms with Crippen molar-refractivity contribution in [2.45, 2.75) is 64.4 Å².